The maximum Gasteiger partial charge on any atom is 0.159 e. The molecule has 5 rings (SSSR count). The summed E-state index contributed by atoms with van der Waals surface area (Å²) >= 11 is 0. The molecule has 1 fully saturated rings. The highest BCUT2D eigenvalue weighted by Gasteiger charge is 2.30. The number of ether oxygens (including phenoxy) is 1. The highest BCUT2D eigenvalue weighted by Crippen LogP contribution is 2.31. The number of Topliss-reactive ketones (excluding diaryl/α,β-unsaturated/α-hetero) is 1. The maximum absolute atomic E-state index is 12.1. The quantitative estimate of drug-likeness (QED) is 0.483. The van der Waals surface area contributed by atoms with Crippen LogP contribution in [0.4, 0.5) is 0 Å². The van der Waals surface area contributed by atoms with Crippen LogP contribution in [0.25, 0.3) is 16.9 Å². The van der Waals surface area contributed by atoms with Crippen LogP contribution in [0.1, 0.15) is 24.2 Å². The summed E-state index contributed by atoms with van der Waals surface area (Å²) in [5, 5.41) is 4.58. The third-order valence-corrected chi connectivity index (χ3v) is 5.05. The first kappa shape index (κ1) is 17.6. The lowest BCUT2D eigenvalue weighted by Gasteiger charge is -2.08. The van der Waals surface area contributed by atoms with Gasteiger partial charge in [0.15, 0.2) is 11.5 Å². The molecule has 144 valence electrons. The summed E-state index contributed by atoms with van der Waals surface area (Å²) in [6.45, 7) is 0.476. The fraction of sp³-hybridized carbons (Fsp3) is 0.217. The zero-order chi connectivity index (χ0) is 19.6. The standard InChI is InChI=1S/C23H20N4O2/c28-21(18-6-7-18)13-22-25-23-5-1-4-20(27(23)26-22)17-8-10-19(11-9-17)29-15-16-3-2-12-24-14-16/h1-5,8-12,14,18H,6-7,13,15H2. The van der Waals surface area contributed by atoms with Crippen molar-refractivity contribution in [3.05, 3.63) is 78.4 Å². The van der Waals surface area contributed by atoms with Crippen molar-refractivity contribution in [2.45, 2.75) is 25.9 Å². The van der Waals surface area contributed by atoms with E-state index in [2.05, 4.69) is 15.1 Å². The van der Waals surface area contributed by atoms with E-state index in [-0.39, 0.29) is 11.7 Å². The second kappa shape index (κ2) is 7.47. The number of pyridine rings is 2. The van der Waals surface area contributed by atoms with Gasteiger partial charge in [-0.25, -0.2) is 9.50 Å². The van der Waals surface area contributed by atoms with E-state index in [1.807, 2.05) is 54.6 Å². The molecule has 0 N–H and O–H groups in total. The van der Waals surface area contributed by atoms with Gasteiger partial charge in [-0.2, -0.15) is 5.10 Å². The molecule has 4 aromatic rings. The Kier molecular flexibility index (Phi) is 4.52. The Morgan fingerprint density at radius 3 is 2.69 bits per heavy atom. The van der Waals surface area contributed by atoms with Crippen LogP contribution in [0.5, 0.6) is 5.75 Å². The SMILES string of the molecule is O=C(Cc1nc2cccc(-c3ccc(OCc4cccnc4)cc3)n2n1)C1CC1. The number of fused-ring (bicyclic) bond motifs is 1. The molecular weight excluding hydrogens is 364 g/mol. The molecule has 0 bridgehead atoms. The molecule has 0 unspecified atom stereocenters. The number of ketones is 1. The Hall–Kier alpha value is -3.54. The van der Waals surface area contributed by atoms with E-state index in [1.54, 1.807) is 16.9 Å². The molecule has 6 heteroatoms. The summed E-state index contributed by atoms with van der Waals surface area (Å²) in [5.74, 6) is 1.85. The summed E-state index contributed by atoms with van der Waals surface area (Å²) in [7, 11) is 0. The van der Waals surface area contributed by atoms with Gasteiger partial charge in [0.2, 0.25) is 0 Å². The van der Waals surface area contributed by atoms with Crippen LogP contribution in [-0.4, -0.2) is 25.4 Å². The molecule has 0 aliphatic heterocycles. The molecule has 1 saturated carbocycles. The summed E-state index contributed by atoms with van der Waals surface area (Å²) in [4.78, 5) is 20.7. The number of rotatable bonds is 7. The molecule has 3 aromatic heterocycles. The largest absolute Gasteiger partial charge is 0.489 e. The predicted molar refractivity (Wildman–Crippen MR) is 108 cm³/mol. The molecule has 0 radical (unpaired) electrons. The van der Waals surface area contributed by atoms with Crippen LogP contribution >= 0.6 is 0 Å². The molecule has 0 spiro atoms. The second-order valence-corrected chi connectivity index (χ2v) is 7.30. The van der Waals surface area contributed by atoms with Crippen LogP contribution in [0, 0.1) is 5.92 Å². The fourth-order valence-corrected chi connectivity index (χ4v) is 3.32. The number of carbonyl (C=O) groups excluding carboxylic acids is 1. The van der Waals surface area contributed by atoms with Crippen molar-refractivity contribution in [1.82, 2.24) is 19.6 Å². The van der Waals surface area contributed by atoms with Crippen molar-refractivity contribution in [1.29, 1.82) is 0 Å². The number of hydrogen-bond donors (Lipinski definition) is 0. The summed E-state index contributed by atoms with van der Waals surface area (Å²) < 4.78 is 7.64. The fourth-order valence-electron chi connectivity index (χ4n) is 3.32. The normalized spacial score (nSPS) is 13.5. The predicted octanol–water partition coefficient (Wildman–Crippen LogP) is 3.89. The first-order valence-corrected chi connectivity index (χ1v) is 9.76. The van der Waals surface area contributed by atoms with Gasteiger partial charge < -0.3 is 4.74 Å². The lowest BCUT2D eigenvalue weighted by atomic mass is 10.1. The van der Waals surface area contributed by atoms with Crippen LogP contribution in [0.15, 0.2) is 67.0 Å². The van der Waals surface area contributed by atoms with E-state index in [0.29, 0.717) is 18.9 Å². The Morgan fingerprint density at radius 1 is 1.07 bits per heavy atom. The monoisotopic (exact) mass is 384 g/mol. The molecule has 29 heavy (non-hydrogen) atoms. The van der Waals surface area contributed by atoms with Gasteiger partial charge >= 0.3 is 0 Å². The van der Waals surface area contributed by atoms with Crippen LogP contribution in [0.2, 0.25) is 0 Å². The Balaban J connectivity index is 1.35. The average Bonchev–Trinajstić information content (AvgIpc) is 3.53. The number of carbonyl (C=O) groups is 1. The molecular formula is C23H20N4O2. The molecule has 3 heterocycles. The van der Waals surface area contributed by atoms with Crippen LogP contribution in [0.3, 0.4) is 0 Å². The molecule has 0 saturated heterocycles. The van der Waals surface area contributed by atoms with Crippen molar-refractivity contribution in [2.75, 3.05) is 0 Å². The highest BCUT2D eigenvalue weighted by molar-refractivity contribution is 5.84. The van der Waals surface area contributed by atoms with E-state index >= 15 is 0 Å². The van der Waals surface area contributed by atoms with E-state index in [9.17, 15) is 4.79 Å². The second-order valence-electron chi connectivity index (χ2n) is 7.30. The smallest absolute Gasteiger partial charge is 0.159 e. The van der Waals surface area contributed by atoms with Gasteiger partial charge in [0.1, 0.15) is 18.1 Å². The van der Waals surface area contributed by atoms with Gasteiger partial charge in [-0.15, -0.1) is 0 Å². The molecule has 1 aliphatic carbocycles. The first-order chi connectivity index (χ1) is 14.3. The number of nitrogens with zero attached hydrogens (tertiary/aromatic N) is 4. The van der Waals surface area contributed by atoms with Crippen molar-refractivity contribution in [2.24, 2.45) is 5.92 Å². The van der Waals surface area contributed by atoms with Crippen molar-refractivity contribution >= 4 is 11.4 Å². The number of benzene rings is 1. The van der Waals surface area contributed by atoms with Gasteiger partial charge in [-0.1, -0.05) is 12.1 Å². The van der Waals surface area contributed by atoms with Gasteiger partial charge in [-0.05, 0) is 55.3 Å². The minimum Gasteiger partial charge on any atom is -0.489 e. The van der Waals surface area contributed by atoms with Gasteiger partial charge in [0, 0.05) is 29.4 Å². The van der Waals surface area contributed by atoms with Crippen LogP contribution < -0.4 is 4.74 Å². The third-order valence-electron chi connectivity index (χ3n) is 5.05. The van der Waals surface area contributed by atoms with Crippen LogP contribution in [-0.2, 0) is 17.8 Å². The van der Waals surface area contributed by atoms with Gasteiger partial charge in [0.05, 0.1) is 12.1 Å². The van der Waals surface area contributed by atoms with E-state index in [4.69, 9.17) is 4.74 Å². The molecule has 0 atom stereocenters. The van der Waals surface area contributed by atoms with Gasteiger partial charge in [0.25, 0.3) is 0 Å². The first-order valence-electron chi connectivity index (χ1n) is 9.76. The van der Waals surface area contributed by atoms with Crippen molar-refractivity contribution < 1.29 is 9.53 Å². The highest BCUT2D eigenvalue weighted by atomic mass is 16.5. The lowest BCUT2D eigenvalue weighted by molar-refractivity contribution is -0.119. The maximum atomic E-state index is 12.1. The van der Waals surface area contributed by atoms with Gasteiger partial charge in [-0.3, -0.25) is 9.78 Å². The topological polar surface area (TPSA) is 69.4 Å². The Morgan fingerprint density at radius 2 is 1.93 bits per heavy atom. The Bertz CT molecular complexity index is 1150. The zero-order valence-corrected chi connectivity index (χ0v) is 15.9. The average molecular weight is 384 g/mol. The van der Waals surface area contributed by atoms with E-state index in [1.165, 1.54) is 0 Å². The third kappa shape index (κ3) is 3.87. The minimum absolute atomic E-state index is 0.222. The molecule has 1 aromatic carbocycles. The van der Waals surface area contributed by atoms with Crippen molar-refractivity contribution in [3.63, 3.8) is 0 Å². The lowest BCUT2D eigenvalue weighted by Crippen LogP contribution is -2.06. The molecule has 1 aliphatic rings. The summed E-state index contributed by atoms with van der Waals surface area (Å²) in [6.07, 6.45) is 5.87. The van der Waals surface area contributed by atoms with E-state index in [0.717, 1.165) is 41.1 Å². The van der Waals surface area contributed by atoms with Crippen molar-refractivity contribution in [3.8, 4) is 17.0 Å². The molecule has 0 amide bonds. The summed E-state index contributed by atoms with van der Waals surface area (Å²) in [6, 6.07) is 17.6. The molecule has 6 nitrogen and oxygen atoms in total. The Labute approximate surface area is 168 Å². The number of aromatic nitrogens is 4. The zero-order valence-electron chi connectivity index (χ0n) is 15.9. The number of hydrogen-bond acceptors (Lipinski definition) is 5. The minimum atomic E-state index is 0.222. The van der Waals surface area contributed by atoms with E-state index < -0.39 is 0 Å². The summed E-state index contributed by atoms with van der Waals surface area (Å²) in [5.41, 5.74) is 3.71.